The van der Waals surface area contributed by atoms with Crippen molar-refractivity contribution in [1.29, 1.82) is 0 Å². The molecule has 0 radical (unpaired) electrons. The maximum Gasteiger partial charge on any atom is 0.496 e. The van der Waals surface area contributed by atoms with Crippen LogP contribution >= 0.6 is 0 Å². The quantitative estimate of drug-likeness (QED) is 0.863. The number of nitrogens with zero attached hydrogens (tertiary/aromatic N) is 1. The standard InChI is InChI=1S/C14H20BF3N2O2/c1-12(2)13(3,4)22-15(21-12)11-5-10(6-19-8-11)7-20-9-14(16,17)18/h5-6,8,20H,7,9H2,1-4H3. The van der Waals surface area contributed by atoms with Gasteiger partial charge in [0.05, 0.1) is 17.7 Å². The zero-order valence-corrected chi connectivity index (χ0v) is 13.1. The second-order valence-corrected chi connectivity index (χ2v) is 6.43. The minimum atomic E-state index is -4.23. The van der Waals surface area contributed by atoms with Crippen LogP contribution in [0.15, 0.2) is 18.5 Å². The van der Waals surface area contributed by atoms with Crippen LogP contribution in [0.2, 0.25) is 0 Å². The summed E-state index contributed by atoms with van der Waals surface area (Å²) in [5.41, 5.74) is 0.408. The van der Waals surface area contributed by atoms with Crippen molar-refractivity contribution in [3.63, 3.8) is 0 Å². The number of aromatic nitrogens is 1. The third-order valence-corrected chi connectivity index (χ3v) is 4.00. The molecular formula is C14H20BF3N2O2. The molecule has 0 bridgehead atoms. The second kappa shape index (κ2) is 5.83. The van der Waals surface area contributed by atoms with Crippen molar-refractivity contribution in [3.8, 4) is 0 Å². The molecule has 8 heteroatoms. The Hall–Kier alpha value is -1.12. The van der Waals surface area contributed by atoms with Gasteiger partial charge in [0.25, 0.3) is 0 Å². The molecule has 22 heavy (non-hydrogen) atoms. The first kappa shape index (κ1) is 17.2. The van der Waals surface area contributed by atoms with Gasteiger partial charge in [-0.25, -0.2) is 0 Å². The molecule has 0 unspecified atom stereocenters. The van der Waals surface area contributed by atoms with Crippen LogP contribution in [0, 0.1) is 0 Å². The Kier molecular flexibility index (Phi) is 4.57. The van der Waals surface area contributed by atoms with Crippen LogP contribution in [-0.2, 0) is 15.9 Å². The van der Waals surface area contributed by atoms with E-state index in [9.17, 15) is 13.2 Å². The fourth-order valence-electron chi connectivity index (χ4n) is 2.06. The molecule has 4 nitrogen and oxygen atoms in total. The number of pyridine rings is 1. The largest absolute Gasteiger partial charge is 0.496 e. The molecule has 1 aromatic heterocycles. The predicted octanol–water partition coefficient (Wildman–Crippen LogP) is 2.03. The molecule has 1 N–H and O–H groups in total. The molecule has 0 aromatic carbocycles. The van der Waals surface area contributed by atoms with E-state index in [1.54, 1.807) is 12.3 Å². The highest BCUT2D eigenvalue weighted by atomic mass is 19.4. The van der Waals surface area contributed by atoms with Crippen LogP contribution in [0.25, 0.3) is 0 Å². The molecule has 0 aliphatic carbocycles. The van der Waals surface area contributed by atoms with Gasteiger partial charge in [-0.1, -0.05) is 6.07 Å². The van der Waals surface area contributed by atoms with Gasteiger partial charge in [-0.05, 0) is 33.3 Å². The van der Waals surface area contributed by atoms with Crippen molar-refractivity contribution in [3.05, 3.63) is 24.0 Å². The van der Waals surface area contributed by atoms with Crippen molar-refractivity contribution in [2.75, 3.05) is 6.54 Å². The number of alkyl halides is 3. The van der Waals surface area contributed by atoms with Gasteiger partial charge in [0, 0.05) is 24.4 Å². The second-order valence-electron chi connectivity index (χ2n) is 6.43. The summed E-state index contributed by atoms with van der Waals surface area (Å²) in [6, 6.07) is 1.75. The van der Waals surface area contributed by atoms with Gasteiger partial charge in [-0.2, -0.15) is 13.2 Å². The number of rotatable bonds is 4. The number of hydrogen-bond acceptors (Lipinski definition) is 4. The summed E-state index contributed by atoms with van der Waals surface area (Å²) in [7, 11) is -0.569. The molecule has 2 rings (SSSR count). The summed E-state index contributed by atoms with van der Waals surface area (Å²) >= 11 is 0. The minimum Gasteiger partial charge on any atom is -0.399 e. The van der Waals surface area contributed by atoms with Gasteiger partial charge in [0.1, 0.15) is 0 Å². The summed E-state index contributed by atoms with van der Waals surface area (Å²) in [5, 5.41) is 2.35. The van der Waals surface area contributed by atoms with Crippen LogP contribution < -0.4 is 10.8 Å². The molecule has 122 valence electrons. The molecule has 2 heterocycles. The fraction of sp³-hybridized carbons (Fsp3) is 0.643. The van der Waals surface area contributed by atoms with Gasteiger partial charge in [0.2, 0.25) is 0 Å². The lowest BCUT2D eigenvalue weighted by molar-refractivity contribution is -0.125. The van der Waals surface area contributed by atoms with Crippen molar-refractivity contribution in [2.24, 2.45) is 0 Å². The molecule has 1 fully saturated rings. The Bertz CT molecular complexity index is 519. The summed E-state index contributed by atoms with van der Waals surface area (Å²) < 4.78 is 48.2. The Morgan fingerprint density at radius 1 is 1.14 bits per heavy atom. The molecule has 1 aliphatic rings. The smallest absolute Gasteiger partial charge is 0.399 e. The van der Waals surface area contributed by atoms with Crippen LogP contribution in [0.3, 0.4) is 0 Å². The Morgan fingerprint density at radius 2 is 1.73 bits per heavy atom. The number of halogens is 3. The minimum absolute atomic E-state index is 0.0832. The van der Waals surface area contributed by atoms with E-state index in [-0.39, 0.29) is 6.54 Å². The van der Waals surface area contributed by atoms with Crippen molar-refractivity contribution in [2.45, 2.75) is 51.6 Å². The number of hydrogen-bond donors (Lipinski definition) is 1. The first-order valence-electron chi connectivity index (χ1n) is 7.07. The summed E-state index contributed by atoms with van der Waals surface area (Å²) in [4.78, 5) is 4.06. The molecule has 0 spiro atoms. The van der Waals surface area contributed by atoms with E-state index < -0.39 is 31.0 Å². The highest BCUT2D eigenvalue weighted by molar-refractivity contribution is 6.62. The lowest BCUT2D eigenvalue weighted by Crippen LogP contribution is -2.41. The highest BCUT2D eigenvalue weighted by Gasteiger charge is 2.51. The summed E-state index contributed by atoms with van der Waals surface area (Å²) in [5.74, 6) is 0. The molecule has 1 saturated heterocycles. The zero-order valence-electron chi connectivity index (χ0n) is 13.1. The summed E-state index contributed by atoms with van der Waals surface area (Å²) in [6.45, 7) is 6.81. The average Bonchev–Trinajstić information content (AvgIpc) is 2.57. The van der Waals surface area contributed by atoms with Gasteiger partial charge < -0.3 is 14.6 Å². The Morgan fingerprint density at radius 3 is 2.27 bits per heavy atom. The first-order chi connectivity index (χ1) is 10.0. The third-order valence-electron chi connectivity index (χ3n) is 4.00. The topological polar surface area (TPSA) is 43.4 Å². The van der Waals surface area contributed by atoms with Gasteiger partial charge in [0.15, 0.2) is 0 Å². The normalized spacial score (nSPS) is 20.4. The van der Waals surface area contributed by atoms with Crippen molar-refractivity contribution < 1.29 is 22.5 Å². The molecule has 0 amide bonds. The maximum atomic E-state index is 12.1. The average molecular weight is 316 g/mol. The molecule has 0 atom stereocenters. The zero-order chi connectivity index (χ0) is 16.6. The maximum absolute atomic E-state index is 12.1. The number of nitrogens with one attached hydrogen (secondary N) is 1. The van der Waals surface area contributed by atoms with Crippen molar-refractivity contribution >= 4 is 12.6 Å². The molecule has 1 aliphatic heterocycles. The van der Waals surface area contributed by atoms with Crippen LogP contribution in [-0.4, -0.2) is 36.0 Å². The van der Waals surface area contributed by atoms with E-state index in [2.05, 4.69) is 10.3 Å². The van der Waals surface area contributed by atoms with Crippen molar-refractivity contribution in [1.82, 2.24) is 10.3 Å². The third kappa shape index (κ3) is 4.00. The van der Waals surface area contributed by atoms with E-state index >= 15 is 0 Å². The van der Waals surface area contributed by atoms with Crippen LogP contribution in [0.5, 0.6) is 0 Å². The fourth-order valence-corrected chi connectivity index (χ4v) is 2.06. The van der Waals surface area contributed by atoms with E-state index in [1.807, 2.05) is 27.7 Å². The van der Waals surface area contributed by atoms with E-state index in [0.29, 0.717) is 11.0 Å². The summed E-state index contributed by atoms with van der Waals surface area (Å²) in [6.07, 6.45) is -1.09. The van der Waals surface area contributed by atoms with Gasteiger partial charge >= 0.3 is 13.3 Å². The van der Waals surface area contributed by atoms with Gasteiger partial charge in [-0.15, -0.1) is 0 Å². The lowest BCUT2D eigenvalue weighted by Gasteiger charge is -2.32. The SMILES string of the molecule is CC1(C)OB(c2cncc(CNCC(F)(F)F)c2)OC1(C)C. The van der Waals surface area contributed by atoms with Crippen LogP contribution in [0.4, 0.5) is 13.2 Å². The first-order valence-corrected chi connectivity index (χ1v) is 7.07. The monoisotopic (exact) mass is 316 g/mol. The van der Waals surface area contributed by atoms with E-state index in [0.717, 1.165) is 0 Å². The van der Waals surface area contributed by atoms with Gasteiger partial charge in [-0.3, -0.25) is 4.98 Å². The van der Waals surface area contributed by atoms with E-state index in [4.69, 9.17) is 9.31 Å². The van der Waals surface area contributed by atoms with Crippen LogP contribution in [0.1, 0.15) is 33.3 Å². The molecule has 0 saturated carbocycles. The Balaban J connectivity index is 2.04. The lowest BCUT2D eigenvalue weighted by atomic mass is 9.80. The highest BCUT2D eigenvalue weighted by Crippen LogP contribution is 2.36. The van der Waals surface area contributed by atoms with E-state index in [1.165, 1.54) is 6.20 Å². The Labute approximate surface area is 128 Å². The molecule has 1 aromatic rings. The predicted molar refractivity (Wildman–Crippen MR) is 77.7 cm³/mol. The molecular weight excluding hydrogens is 296 g/mol.